The largest absolute Gasteiger partial charge is 0.496 e. The van der Waals surface area contributed by atoms with Crippen LogP contribution >= 0.6 is 0 Å². The highest BCUT2D eigenvalue weighted by Gasteiger charge is 2.12. The summed E-state index contributed by atoms with van der Waals surface area (Å²) in [6, 6.07) is 3.26. The number of methoxy groups -OCH3 is 1. The molecule has 5 nitrogen and oxygen atoms in total. The number of pyridine rings is 1. The molecule has 2 heterocycles. The van der Waals surface area contributed by atoms with Gasteiger partial charge in [-0.25, -0.2) is 0 Å². The van der Waals surface area contributed by atoms with E-state index in [2.05, 4.69) is 10.1 Å². The number of nitrogens with one attached hydrogen (secondary N) is 1. The summed E-state index contributed by atoms with van der Waals surface area (Å²) < 4.78 is 9.94. The number of hydrogen-bond donors (Lipinski definition) is 1. The molecule has 2 rings (SSSR count). The van der Waals surface area contributed by atoms with Crippen molar-refractivity contribution in [3.63, 3.8) is 0 Å². The van der Waals surface area contributed by atoms with Crippen LogP contribution in [0.25, 0.3) is 11.3 Å². The summed E-state index contributed by atoms with van der Waals surface area (Å²) in [4.78, 5) is 14.0. The van der Waals surface area contributed by atoms with Crippen molar-refractivity contribution in [3.8, 4) is 17.1 Å². The summed E-state index contributed by atoms with van der Waals surface area (Å²) in [7, 11) is 1.49. The third-order valence-corrected chi connectivity index (χ3v) is 1.83. The second-order valence-corrected chi connectivity index (χ2v) is 2.63. The number of hydrogen-bond acceptors (Lipinski definition) is 4. The predicted octanol–water partition coefficient (Wildman–Crippen LogP) is 1.04. The van der Waals surface area contributed by atoms with Crippen molar-refractivity contribution in [1.29, 1.82) is 0 Å². The lowest BCUT2D eigenvalue weighted by Gasteiger charge is -2.02. The molecule has 0 aromatic carbocycles. The van der Waals surface area contributed by atoms with E-state index in [0.29, 0.717) is 17.1 Å². The number of H-pyrrole nitrogens is 1. The summed E-state index contributed by atoms with van der Waals surface area (Å²) in [6.45, 7) is 0. The average Bonchev–Trinajstić information content (AvgIpc) is 2.70. The van der Waals surface area contributed by atoms with E-state index < -0.39 is 0 Å². The molecule has 0 radical (unpaired) electrons. The van der Waals surface area contributed by atoms with Gasteiger partial charge in [0.1, 0.15) is 11.3 Å². The zero-order chi connectivity index (χ0) is 9.97. The first kappa shape index (κ1) is 8.55. The van der Waals surface area contributed by atoms with E-state index in [0.717, 1.165) is 0 Å². The first-order valence-electron chi connectivity index (χ1n) is 3.99. The Morgan fingerprint density at radius 3 is 3.00 bits per heavy atom. The fourth-order valence-electron chi connectivity index (χ4n) is 1.21. The highest BCUT2D eigenvalue weighted by molar-refractivity contribution is 5.63. The van der Waals surface area contributed by atoms with Crippen LogP contribution in [0.15, 0.2) is 33.8 Å². The molecule has 0 aliphatic carbocycles. The molecule has 0 bridgehead atoms. The van der Waals surface area contributed by atoms with Crippen LogP contribution in [0.1, 0.15) is 0 Å². The Morgan fingerprint density at radius 2 is 2.36 bits per heavy atom. The van der Waals surface area contributed by atoms with Gasteiger partial charge in [0.15, 0.2) is 5.76 Å². The average molecular weight is 192 g/mol. The fraction of sp³-hybridized carbons (Fsp3) is 0.111. The lowest BCUT2D eigenvalue weighted by molar-refractivity contribution is 0.405. The summed E-state index contributed by atoms with van der Waals surface area (Å²) in [5, 5.41) is 3.53. The van der Waals surface area contributed by atoms with Crippen molar-refractivity contribution in [2.24, 2.45) is 0 Å². The lowest BCUT2D eigenvalue weighted by atomic mass is 10.2. The monoisotopic (exact) mass is 192 g/mol. The molecule has 2 aromatic rings. The van der Waals surface area contributed by atoms with Gasteiger partial charge in [0.2, 0.25) is 0 Å². The highest BCUT2D eigenvalue weighted by atomic mass is 16.5. The third-order valence-electron chi connectivity index (χ3n) is 1.83. The summed E-state index contributed by atoms with van der Waals surface area (Å²) in [5.74, 6) is 0.856. The Morgan fingerprint density at radius 1 is 1.50 bits per heavy atom. The van der Waals surface area contributed by atoms with E-state index in [1.54, 1.807) is 12.1 Å². The quantitative estimate of drug-likeness (QED) is 0.771. The van der Waals surface area contributed by atoms with Crippen molar-refractivity contribution < 1.29 is 9.26 Å². The molecule has 0 aliphatic rings. The predicted molar refractivity (Wildman–Crippen MR) is 49.1 cm³/mol. The van der Waals surface area contributed by atoms with Gasteiger partial charge in [-0.2, -0.15) is 0 Å². The molecule has 0 unspecified atom stereocenters. The number of ether oxygens (including phenoxy) is 1. The first-order valence-corrected chi connectivity index (χ1v) is 3.99. The van der Waals surface area contributed by atoms with E-state index in [9.17, 15) is 4.79 Å². The molecule has 0 fully saturated rings. The van der Waals surface area contributed by atoms with Crippen molar-refractivity contribution in [2.45, 2.75) is 0 Å². The van der Waals surface area contributed by atoms with E-state index >= 15 is 0 Å². The zero-order valence-electron chi connectivity index (χ0n) is 7.48. The van der Waals surface area contributed by atoms with E-state index in [4.69, 9.17) is 9.26 Å². The van der Waals surface area contributed by atoms with Crippen LogP contribution in [0, 0.1) is 0 Å². The molecular weight excluding hydrogens is 184 g/mol. The fourth-order valence-corrected chi connectivity index (χ4v) is 1.21. The Hall–Kier alpha value is -2.04. The second-order valence-electron chi connectivity index (χ2n) is 2.63. The van der Waals surface area contributed by atoms with Gasteiger partial charge < -0.3 is 14.2 Å². The van der Waals surface area contributed by atoms with Crippen molar-refractivity contribution in [3.05, 3.63) is 34.9 Å². The number of rotatable bonds is 2. The van der Waals surface area contributed by atoms with E-state index in [1.807, 2.05) is 0 Å². The molecular formula is C9H8N2O3. The van der Waals surface area contributed by atoms with Gasteiger partial charge in [0.25, 0.3) is 5.56 Å². The van der Waals surface area contributed by atoms with Gasteiger partial charge in [-0.15, -0.1) is 0 Å². The van der Waals surface area contributed by atoms with E-state index in [-0.39, 0.29) is 5.56 Å². The SMILES string of the molecule is COc1cc[nH]c(=O)c1-c1ccno1. The zero-order valence-corrected chi connectivity index (χ0v) is 7.48. The normalized spacial score (nSPS) is 10.1. The van der Waals surface area contributed by atoms with Crippen LogP contribution in [-0.4, -0.2) is 17.3 Å². The van der Waals surface area contributed by atoms with Crippen LogP contribution in [0.3, 0.4) is 0 Å². The van der Waals surface area contributed by atoms with Crippen molar-refractivity contribution >= 4 is 0 Å². The van der Waals surface area contributed by atoms with Crippen molar-refractivity contribution in [2.75, 3.05) is 7.11 Å². The minimum absolute atomic E-state index is 0.263. The Labute approximate surface area is 79.3 Å². The molecule has 2 aromatic heterocycles. The molecule has 0 atom stereocenters. The maximum absolute atomic E-state index is 11.5. The maximum Gasteiger partial charge on any atom is 0.262 e. The van der Waals surface area contributed by atoms with Crippen LogP contribution in [-0.2, 0) is 0 Å². The van der Waals surface area contributed by atoms with Gasteiger partial charge in [-0.1, -0.05) is 5.16 Å². The third kappa shape index (κ3) is 1.28. The van der Waals surface area contributed by atoms with Gasteiger partial charge in [-0.3, -0.25) is 4.79 Å². The number of aromatic amines is 1. The molecule has 5 heteroatoms. The second kappa shape index (κ2) is 3.37. The van der Waals surface area contributed by atoms with Crippen LogP contribution in [0.4, 0.5) is 0 Å². The molecule has 72 valence electrons. The van der Waals surface area contributed by atoms with E-state index in [1.165, 1.54) is 19.5 Å². The topological polar surface area (TPSA) is 68.1 Å². The Kier molecular flexibility index (Phi) is 2.06. The number of nitrogens with zero attached hydrogens (tertiary/aromatic N) is 1. The Bertz CT molecular complexity index is 473. The maximum atomic E-state index is 11.5. The van der Waals surface area contributed by atoms with Crippen molar-refractivity contribution in [1.82, 2.24) is 10.1 Å². The minimum atomic E-state index is -0.263. The van der Waals surface area contributed by atoms with Crippen LogP contribution < -0.4 is 10.3 Å². The molecule has 0 aliphatic heterocycles. The van der Waals surface area contributed by atoms with Crippen LogP contribution in [0.2, 0.25) is 0 Å². The molecule has 14 heavy (non-hydrogen) atoms. The lowest BCUT2D eigenvalue weighted by Crippen LogP contribution is -2.08. The molecule has 0 saturated heterocycles. The van der Waals surface area contributed by atoms with Crippen LogP contribution in [0.5, 0.6) is 5.75 Å². The molecule has 1 N–H and O–H groups in total. The molecule has 0 amide bonds. The smallest absolute Gasteiger partial charge is 0.262 e. The highest BCUT2D eigenvalue weighted by Crippen LogP contribution is 2.24. The van der Waals surface area contributed by atoms with Gasteiger partial charge >= 0.3 is 0 Å². The standard InChI is InChI=1S/C9H8N2O3/c1-13-6-2-4-10-9(12)8(6)7-3-5-11-14-7/h2-5H,1H3,(H,10,12). The van der Waals surface area contributed by atoms with Gasteiger partial charge in [0.05, 0.1) is 13.3 Å². The molecule has 0 saturated carbocycles. The first-order chi connectivity index (χ1) is 6.83. The summed E-state index contributed by atoms with van der Waals surface area (Å²) >= 11 is 0. The summed E-state index contributed by atoms with van der Waals surface area (Å²) in [5.41, 5.74) is 0.0913. The molecule has 0 spiro atoms. The van der Waals surface area contributed by atoms with Gasteiger partial charge in [-0.05, 0) is 6.07 Å². The Balaban J connectivity index is 2.68. The minimum Gasteiger partial charge on any atom is -0.496 e. The summed E-state index contributed by atoms with van der Waals surface area (Å²) in [6.07, 6.45) is 2.99. The van der Waals surface area contributed by atoms with Gasteiger partial charge in [0, 0.05) is 12.3 Å². The number of aromatic nitrogens is 2.